The molecule has 0 spiro atoms. The predicted octanol–water partition coefficient (Wildman–Crippen LogP) is 4.38. The Hall–Kier alpha value is -2.12. The van der Waals surface area contributed by atoms with Crippen molar-refractivity contribution in [1.29, 1.82) is 0 Å². The van der Waals surface area contributed by atoms with Gasteiger partial charge < -0.3 is 9.64 Å². The molecule has 0 bridgehead atoms. The molecule has 0 heterocycles. The zero-order chi connectivity index (χ0) is 23.6. The van der Waals surface area contributed by atoms with Crippen molar-refractivity contribution >= 4 is 38.9 Å². The van der Waals surface area contributed by atoms with Gasteiger partial charge in [-0.3, -0.25) is 10.1 Å². The molecule has 0 radical (unpaired) electrons. The van der Waals surface area contributed by atoms with Crippen molar-refractivity contribution in [2.75, 3.05) is 20.6 Å². The van der Waals surface area contributed by atoms with E-state index in [9.17, 15) is 31.7 Å². The molecule has 31 heavy (non-hydrogen) atoms. The van der Waals surface area contributed by atoms with Crippen LogP contribution in [-0.2, 0) is 10.0 Å². The molecule has 0 aliphatic carbocycles. The summed E-state index contributed by atoms with van der Waals surface area (Å²) in [6.45, 7) is 0.139. The summed E-state index contributed by atoms with van der Waals surface area (Å²) in [6, 6.07) is 5.26. The monoisotopic (exact) mass is 501 g/mol. The van der Waals surface area contributed by atoms with E-state index in [-0.39, 0.29) is 16.6 Å². The maximum atomic E-state index is 12.9. The van der Waals surface area contributed by atoms with Crippen LogP contribution >= 0.6 is 23.2 Å². The van der Waals surface area contributed by atoms with Gasteiger partial charge in [-0.15, -0.1) is 13.2 Å². The predicted molar refractivity (Wildman–Crippen MR) is 108 cm³/mol. The van der Waals surface area contributed by atoms with Crippen LogP contribution in [0.5, 0.6) is 5.75 Å². The molecule has 1 unspecified atom stereocenters. The zero-order valence-electron chi connectivity index (χ0n) is 16.0. The molecule has 1 atom stereocenters. The fraction of sp³-hybridized carbons (Fsp3) is 0.294. The van der Waals surface area contributed by atoms with Crippen molar-refractivity contribution in [3.05, 3.63) is 62.1 Å². The quantitative estimate of drug-likeness (QED) is 0.425. The number of sulfonamides is 1. The number of halogens is 5. The molecule has 8 nitrogen and oxygen atoms in total. The van der Waals surface area contributed by atoms with Gasteiger partial charge in [0.05, 0.1) is 27.1 Å². The molecular weight excluding hydrogens is 486 g/mol. The molecule has 2 aromatic carbocycles. The number of ether oxygens (including phenoxy) is 1. The summed E-state index contributed by atoms with van der Waals surface area (Å²) in [6.07, 6.45) is -5.10. The van der Waals surface area contributed by atoms with Crippen LogP contribution in [0.2, 0.25) is 10.0 Å². The van der Waals surface area contributed by atoms with Gasteiger partial charge in [-0.1, -0.05) is 29.3 Å². The summed E-state index contributed by atoms with van der Waals surface area (Å²) in [5.41, 5.74) is -0.654. The molecule has 170 valence electrons. The van der Waals surface area contributed by atoms with E-state index in [1.165, 1.54) is 18.2 Å². The number of alkyl halides is 3. The molecule has 1 N–H and O–H groups in total. The smallest absolute Gasteiger partial charge is 0.406 e. The van der Waals surface area contributed by atoms with Gasteiger partial charge >= 0.3 is 6.36 Å². The molecule has 2 rings (SSSR count). The van der Waals surface area contributed by atoms with Crippen LogP contribution < -0.4 is 9.46 Å². The maximum Gasteiger partial charge on any atom is 0.573 e. The minimum Gasteiger partial charge on any atom is -0.406 e. The molecule has 0 aliphatic rings. The van der Waals surface area contributed by atoms with Crippen molar-refractivity contribution < 1.29 is 31.2 Å². The number of hydrogen-bond acceptors (Lipinski definition) is 6. The third kappa shape index (κ3) is 6.94. The van der Waals surface area contributed by atoms with Gasteiger partial charge in [0, 0.05) is 6.54 Å². The third-order valence-electron chi connectivity index (χ3n) is 3.84. The molecule has 2 aromatic rings. The number of nitrogens with one attached hydrogen (secondary N) is 1. The van der Waals surface area contributed by atoms with Crippen LogP contribution in [-0.4, -0.2) is 45.2 Å². The number of rotatable bonds is 8. The first kappa shape index (κ1) is 25.1. The minimum absolute atomic E-state index is 0.139. The maximum absolute atomic E-state index is 12.9. The Labute approximate surface area is 185 Å². The van der Waals surface area contributed by atoms with Gasteiger partial charge in [0.25, 0.3) is 5.69 Å². The Kier molecular flexibility index (Phi) is 7.76. The lowest BCUT2D eigenvalue weighted by molar-refractivity contribution is -0.388. The van der Waals surface area contributed by atoms with E-state index in [1.807, 2.05) is 0 Å². The van der Waals surface area contributed by atoms with E-state index >= 15 is 0 Å². The van der Waals surface area contributed by atoms with Gasteiger partial charge in [-0.05, 0) is 43.9 Å². The normalized spacial score (nSPS) is 13.3. The van der Waals surface area contributed by atoms with Crippen molar-refractivity contribution in [1.82, 2.24) is 9.62 Å². The second-order valence-electron chi connectivity index (χ2n) is 6.54. The number of hydrogen-bond donors (Lipinski definition) is 1. The lowest BCUT2D eigenvalue weighted by Gasteiger charge is -2.23. The van der Waals surface area contributed by atoms with Crippen LogP contribution in [0.25, 0.3) is 0 Å². The lowest BCUT2D eigenvalue weighted by Crippen LogP contribution is -2.35. The summed E-state index contributed by atoms with van der Waals surface area (Å²) >= 11 is 11.9. The average Bonchev–Trinajstić information content (AvgIpc) is 2.61. The summed E-state index contributed by atoms with van der Waals surface area (Å²) < 4.78 is 69.0. The standard InChI is InChI=1S/C17H16Cl2F3N3O5S/c1-24(2)9-14(10-3-5-12(18)13(19)7-10)23-31(28,29)16-6-4-11(30-17(20,21)22)8-15(16)25(26)27/h3-8,14,23H,9H2,1-2H3. The zero-order valence-corrected chi connectivity index (χ0v) is 18.3. The largest absolute Gasteiger partial charge is 0.573 e. The molecule has 0 amide bonds. The third-order valence-corrected chi connectivity index (χ3v) is 6.10. The van der Waals surface area contributed by atoms with E-state index in [0.29, 0.717) is 23.8 Å². The van der Waals surface area contributed by atoms with Crippen molar-refractivity contribution in [3.8, 4) is 5.75 Å². The summed E-state index contributed by atoms with van der Waals surface area (Å²) in [7, 11) is -1.20. The lowest BCUT2D eigenvalue weighted by atomic mass is 10.1. The Morgan fingerprint density at radius 2 is 1.81 bits per heavy atom. The van der Waals surface area contributed by atoms with Crippen molar-refractivity contribution in [2.45, 2.75) is 17.3 Å². The van der Waals surface area contributed by atoms with Crippen LogP contribution in [0.3, 0.4) is 0 Å². The molecule has 0 aliphatic heterocycles. The SMILES string of the molecule is CN(C)CC(NS(=O)(=O)c1ccc(OC(F)(F)F)cc1[N+](=O)[O-])c1ccc(Cl)c(Cl)c1. The molecule has 0 aromatic heterocycles. The highest BCUT2D eigenvalue weighted by Crippen LogP contribution is 2.33. The Morgan fingerprint density at radius 1 is 1.16 bits per heavy atom. The van der Waals surface area contributed by atoms with Crippen molar-refractivity contribution in [3.63, 3.8) is 0 Å². The summed E-state index contributed by atoms with van der Waals surface area (Å²) in [5.74, 6) is -0.924. The Bertz CT molecular complexity index is 1080. The van der Waals surface area contributed by atoms with Crippen LogP contribution in [0.1, 0.15) is 11.6 Å². The van der Waals surface area contributed by atoms with E-state index in [1.54, 1.807) is 19.0 Å². The first-order valence-corrected chi connectivity index (χ1v) is 10.6. The highest BCUT2D eigenvalue weighted by molar-refractivity contribution is 7.89. The van der Waals surface area contributed by atoms with Crippen LogP contribution in [0.4, 0.5) is 18.9 Å². The van der Waals surface area contributed by atoms with Gasteiger partial charge in [0.2, 0.25) is 10.0 Å². The highest BCUT2D eigenvalue weighted by Gasteiger charge is 2.34. The molecule has 0 fully saturated rings. The summed E-state index contributed by atoms with van der Waals surface area (Å²) in [5, 5.41) is 11.7. The Morgan fingerprint density at radius 3 is 2.32 bits per heavy atom. The molecule has 0 saturated heterocycles. The molecule has 0 saturated carbocycles. The highest BCUT2D eigenvalue weighted by atomic mass is 35.5. The van der Waals surface area contributed by atoms with Gasteiger partial charge in [-0.25, -0.2) is 13.1 Å². The first-order chi connectivity index (χ1) is 14.2. The van der Waals surface area contributed by atoms with Gasteiger partial charge in [0.1, 0.15) is 5.75 Å². The molecular formula is C17H16Cl2F3N3O5S. The topological polar surface area (TPSA) is 102 Å². The number of likely N-dealkylation sites (N-methyl/N-ethyl adjacent to an activating group) is 1. The fourth-order valence-electron chi connectivity index (χ4n) is 2.62. The fourth-order valence-corrected chi connectivity index (χ4v) is 4.29. The second kappa shape index (κ2) is 9.57. The van der Waals surface area contributed by atoms with E-state index in [2.05, 4.69) is 9.46 Å². The van der Waals surface area contributed by atoms with E-state index in [0.717, 1.165) is 0 Å². The number of nitro groups is 1. The first-order valence-electron chi connectivity index (χ1n) is 8.36. The van der Waals surface area contributed by atoms with Crippen LogP contribution in [0, 0.1) is 10.1 Å². The number of nitrogens with zero attached hydrogens (tertiary/aromatic N) is 2. The van der Waals surface area contributed by atoms with Gasteiger partial charge in [0.15, 0.2) is 4.90 Å². The number of benzene rings is 2. The Balaban J connectivity index is 2.47. The number of nitro benzene ring substituents is 1. The minimum atomic E-state index is -5.10. The molecule has 14 heteroatoms. The van der Waals surface area contributed by atoms with E-state index < -0.39 is 43.7 Å². The summed E-state index contributed by atoms with van der Waals surface area (Å²) in [4.78, 5) is 11.1. The second-order valence-corrected chi connectivity index (χ2v) is 9.04. The van der Waals surface area contributed by atoms with Crippen molar-refractivity contribution in [2.24, 2.45) is 0 Å². The van der Waals surface area contributed by atoms with Gasteiger partial charge in [-0.2, -0.15) is 0 Å². The van der Waals surface area contributed by atoms with E-state index in [4.69, 9.17) is 23.2 Å². The average molecular weight is 502 g/mol. The van der Waals surface area contributed by atoms with Crippen LogP contribution in [0.15, 0.2) is 41.3 Å².